The smallest absolute Gasteiger partial charge is 0.341 e. The molecule has 2 aromatic rings. The third kappa shape index (κ3) is 1.87. The summed E-state index contributed by atoms with van der Waals surface area (Å²) in [4.78, 5) is 23.5. The largest absolute Gasteiger partial charge is 0.477 e. The molecule has 0 unspecified atom stereocenters. The van der Waals surface area contributed by atoms with E-state index in [0.717, 1.165) is 18.9 Å². The van der Waals surface area contributed by atoms with Gasteiger partial charge in [-0.15, -0.1) is 0 Å². The first kappa shape index (κ1) is 13.5. The second-order valence-electron chi connectivity index (χ2n) is 6.20. The maximum Gasteiger partial charge on any atom is 0.341 e. The Labute approximate surface area is 124 Å². The van der Waals surface area contributed by atoms with Gasteiger partial charge in [0.25, 0.3) is 0 Å². The van der Waals surface area contributed by atoms with E-state index in [9.17, 15) is 19.1 Å². The van der Waals surface area contributed by atoms with Crippen LogP contribution in [0, 0.1) is 5.82 Å². The predicted molar refractivity (Wildman–Crippen MR) is 76.5 cm³/mol. The number of aromatic nitrogens is 1. The number of rotatable bonds is 3. The van der Waals surface area contributed by atoms with Crippen molar-refractivity contribution in [1.29, 1.82) is 0 Å². The minimum Gasteiger partial charge on any atom is -0.477 e. The number of carboxylic acid groups (broad SMARTS) is 1. The number of carbonyl (C=O) groups is 1. The highest BCUT2D eigenvalue weighted by Gasteiger charge is 2.44. The summed E-state index contributed by atoms with van der Waals surface area (Å²) in [5, 5.41) is 19.4. The van der Waals surface area contributed by atoms with Crippen LogP contribution in [0.5, 0.6) is 0 Å². The van der Waals surface area contributed by atoms with Gasteiger partial charge in [-0.2, -0.15) is 0 Å². The van der Waals surface area contributed by atoms with Crippen LogP contribution in [0.4, 0.5) is 4.39 Å². The van der Waals surface area contributed by atoms with E-state index in [1.807, 2.05) is 0 Å². The van der Waals surface area contributed by atoms with Crippen molar-refractivity contribution >= 4 is 16.9 Å². The minimum atomic E-state index is -1.31. The molecule has 0 aliphatic heterocycles. The van der Waals surface area contributed by atoms with Crippen LogP contribution < -0.4 is 5.43 Å². The first-order chi connectivity index (χ1) is 10.4. The minimum absolute atomic E-state index is 0.0531. The Morgan fingerprint density at radius 2 is 2.00 bits per heavy atom. The molecule has 1 aromatic carbocycles. The average Bonchev–Trinajstić information content (AvgIpc) is 3.35. The van der Waals surface area contributed by atoms with Crippen molar-refractivity contribution in [1.82, 2.24) is 4.57 Å². The van der Waals surface area contributed by atoms with Crippen molar-refractivity contribution in [3.05, 3.63) is 45.5 Å². The van der Waals surface area contributed by atoms with Crippen LogP contribution in [0.25, 0.3) is 10.9 Å². The molecule has 2 fully saturated rings. The molecule has 0 atom stereocenters. The van der Waals surface area contributed by atoms with Gasteiger partial charge in [-0.3, -0.25) is 4.79 Å². The second-order valence-corrected chi connectivity index (χ2v) is 6.20. The number of aromatic carboxylic acids is 1. The monoisotopic (exact) mass is 303 g/mol. The highest BCUT2D eigenvalue weighted by Crippen LogP contribution is 2.47. The molecular weight excluding hydrogens is 289 g/mol. The maximum absolute atomic E-state index is 14.3. The van der Waals surface area contributed by atoms with E-state index in [0.29, 0.717) is 18.4 Å². The summed E-state index contributed by atoms with van der Waals surface area (Å²) in [5.41, 5.74) is -1.50. The van der Waals surface area contributed by atoms with Crippen LogP contribution in [0.3, 0.4) is 0 Å². The summed E-state index contributed by atoms with van der Waals surface area (Å²) in [6, 6.07) is 2.70. The van der Waals surface area contributed by atoms with E-state index in [2.05, 4.69) is 0 Å². The summed E-state index contributed by atoms with van der Waals surface area (Å²) >= 11 is 0. The van der Waals surface area contributed by atoms with E-state index in [-0.39, 0.29) is 22.6 Å². The fourth-order valence-electron chi connectivity index (χ4n) is 2.92. The molecule has 2 aliphatic rings. The van der Waals surface area contributed by atoms with E-state index in [4.69, 9.17) is 5.11 Å². The SMILES string of the molecule is O=C(O)c1cn(C2CC2)c2cc(C3(O)CC3)c(F)cc2c1=O. The predicted octanol–water partition coefficient (Wildman–Crippen LogP) is 2.16. The van der Waals surface area contributed by atoms with E-state index >= 15 is 0 Å². The van der Waals surface area contributed by atoms with Gasteiger partial charge in [-0.1, -0.05) is 0 Å². The Kier molecular flexibility index (Phi) is 2.55. The Bertz CT molecular complexity index is 878. The molecule has 0 radical (unpaired) electrons. The second kappa shape index (κ2) is 4.16. The average molecular weight is 303 g/mol. The zero-order valence-corrected chi connectivity index (χ0v) is 11.7. The maximum atomic E-state index is 14.3. The van der Waals surface area contributed by atoms with Gasteiger partial charge in [0, 0.05) is 23.2 Å². The van der Waals surface area contributed by atoms with Crippen molar-refractivity contribution in [2.24, 2.45) is 0 Å². The molecule has 0 spiro atoms. The van der Waals surface area contributed by atoms with E-state index < -0.39 is 22.8 Å². The van der Waals surface area contributed by atoms with Crippen molar-refractivity contribution in [3.8, 4) is 0 Å². The van der Waals surface area contributed by atoms with Gasteiger partial charge in [-0.05, 0) is 37.8 Å². The van der Waals surface area contributed by atoms with Crippen LogP contribution >= 0.6 is 0 Å². The van der Waals surface area contributed by atoms with Crippen LogP contribution in [0.1, 0.15) is 47.6 Å². The van der Waals surface area contributed by atoms with E-state index in [1.165, 1.54) is 12.3 Å². The van der Waals surface area contributed by atoms with Gasteiger partial charge in [0.15, 0.2) is 0 Å². The van der Waals surface area contributed by atoms with Crippen LogP contribution in [0.2, 0.25) is 0 Å². The highest BCUT2D eigenvalue weighted by molar-refractivity contribution is 5.93. The summed E-state index contributed by atoms with van der Waals surface area (Å²) < 4.78 is 16.0. The zero-order valence-electron chi connectivity index (χ0n) is 11.7. The number of nitrogens with zero attached hydrogens (tertiary/aromatic N) is 1. The fraction of sp³-hybridized carbons (Fsp3) is 0.375. The highest BCUT2D eigenvalue weighted by atomic mass is 19.1. The number of fused-ring (bicyclic) bond motifs is 1. The summed E-state index contributed by atoms with van der Waals surface area (Å²) in [5.74, 6) is -1.97. The van der Waals surface area contributed by atoms with E-state index in [1.54, 1.807) is 4.57 Å². The lowest BCUT2D eigenvalue weighted by atomic mass is 10.0. The van der Waals surface area contributed by atoms with Gasteiger partial charge >= 0.3 is 5.97 Å². The molecule has 0 amide bonds. The molecule has 1 heterocycles. The summed E-state index contributed by atoms with van der Waals surface area (Å²) in [6.45, 7) is 0. The number of hydrogen-bond donors (Lipinski definition) is 2. The molecule has 0 saturated heterocycles. The zero-order chi connectivity index (χ0) is 15.6. The topological polar surface area (TPSA) is 79.5 Å². The number of aliphatic hydroxyl groups is 1. The van der Waals surface area contributed by atoms with Gasteiger partial charge in [-0.25, -0.2) is 9.18 Å². The number of halogens is 1. The molecule has 22 heavy (non-hydrogen) atoms. The first-order valence-corrected chi connectivity index (χ1v) is 7.25. The Morgan fingerprint density at radius 3 is 2.55 bits per heavy atom. The first-order valence-electron chi connectivity index (χ1n) is 7.25. The normalized spacial score (nSPS) is 19.4. The van der Waals surface area contributed by atoms with Crippen LogP contribution in [-0.4, -0.2) is 20.7 Å². The molecule has 2 saturated carbocycles. The number of hydrogen-bond acceptors (Lipinski definition) is 3. The van der Waals surface area contributed by atoms with Crippen LogP contribution in [-0.2, 0) is 5.60 Å². The molecule has 4 rings (SSSR count). The van der Waals surface area contributed by atoms with Crippen LogP contribution in [0.15, 0.2) is 23.1 Å². The molecule has 0 bridgehead atoms. The van der Waals surface area contributed by atoms with Gasteiger partial charge in [0.05, 0.1) is 11.1 Å². The van der Waals surface area contributed by atoms with Crippen molar-refractivity contribution in [3.63, 3.8) is 0 Å². The van der Waals surface area contributed by atoms with Gasteiger partial charge in [0.2, 0.25) is 5.43 Å². The summed E-state index contributed by atoms with van der Waals surface area (Å²) in [6.07, 6.45) is 4.12. The van der Waals surface area contributed by atoms with Crippen molar-refractivity contribution in [2.45, 2.75) is 37.3 Å². The molecule has 114 valence electrons. The number of pyridine rings is 1. The molecule has 1 aromatic heterocycles. The molecule has 2 aliphatic carbocycles. The van der Waals surface area contributed by atoms with Gasteiger partial charge < -0.3 is 14.8 Å². The van der Waals surface area contributed by atoms with Crippen molar-refractivity contribution in [2.75, 3.05) is 0 Å². The Balaban J connectivity index is 2.07. The summed E-state index contributed by atoms with van der Waals surface area (Å²) in [7, 11) is 0. The number of benzene rings is 1. The Hall–Kier alpha value is -2.21. The third-order valence-corrected chi connectivity index (χ3v) is 4.52. The molecular formula is C16H14FNO4. The lowest BCUT2D eigenvalue weighted by Crippen LogP contribution is -2.20. The van der Waals surface area contributed by atoms with Gasteiger partial charge in [0.1, 0.15) is 11.4 Å². The standard InChI is InChI=1S/C16H14FNO4/c17-12-5-9-13(6-11(12)16(22)3-4-16)18(8-1-2-8)7-10(14(9)19)15(20)21/h5-8,22H,1-4H2,(H,20,21). The number of carboxylic acids is 1. The molecule has 2 N–H and O–H groups in total. The lowest BCUT2D eigenvalue weighted by Gasteiger charge is -2.15. The lowest BCUT2D eigenvalue weighted by molar-refractivity contribution is 0.0694. The fourth-order valence-corrected chi connectivity index (χ4v) is 2.92. The third-order valence-electron chi connectivity index (χ3n) is 4.52. The Morgan fingerprint density at radius 1 is 1.32 bits per heavy atom. The molecule has 6 heteroatoms. The van der Waals surface area contributed by atoms with Crippen molar-refractivity contribution < 1.29 is 19.4 Å². The molecule has 5 nitrogen and oxygen atoms in total. The quantitative estimate of drug-likeness (QED) is 0.910.